The third-order valence-electron chi connectivity index (χ3n) is 4.20. The number of carboxylic acids is 2. The molecule has 0 aliphatic heterocycles. The molecule has 0 spiro atoms. The van der Waals surface area contributed by atoms with Gasteiger partial charge in [0.05, 0.1) is 5.97 Å². The molecule has 27 heavy (non-hydrogen) atoms. The molecule has 0 N–H and O–H groups in total. The summed E-state index contributed by atoms with van der Waals surface area (Å²) in [6.45, 7) is 11.7. The molecule has 1 unspecified atom stereocenters. The standard InChI is InChI=1S/C17H30O3.C3H4O2.2Na/c1-5-7-8-9-10-11-12-13-14(15(18)6-2)17(3,4)16(19)20;1-2-3(4)5;;/h6,14H,2,5,7-13H2,1,3-4H3,(H,19,20);2H,1H2,(H,4,5);;/q;;2*+1/p-2. The van der Waals surface area contributed by atoms with Gasteiger partial charge in [-0.05, 0) is 18.6 Å². The number of aliphatic carboxylic acids is 2. The van der Waals surface area contributed by atoms with E-state index >= 15 is 0 Å². The summed E-state index contributed by atoms with van der Waals surface area (Å²) in [5, 5.41) is 20.3. The summed E-state index contributed by atoms with van der Waals surface area (Å²) >= 11 is 0. The normalized spacial score (nSPS) is 10.8. The summed E-state index contributed by atoms with van der Waals surface area (Å²) in [5.74, 6) is -3.11. The maximum absolute atomic E-state index is 11.9. The molecule has 1 atom stereocenters. The Morgan fingerprint density at radius 1 is 0.889 bits per heavy atom. The fourth-order valence-electron chi connectivity index (χ4n) is 2.45. The van der Waals surface area contributed by atoms with E-state index in [4.69, 9.17) is 9.90 Å². The number of allylic oxidation sites excluding steroid dienone is 1. The number of hydrogen-bond donors (Lipinski definition) is 0. The second-order valence-corrected chi connectivity index (χ2v) is 6.60. The Bertz CT molecular complexity index is 448. The van der Waals surface area contributed by atoms with Gasteiger partial charge in [-0.15, -0.1) is 0 Å². The summed E-state index contributed by atoms with van der Waals surface area (Å²) in [7, 11) is 0. The van der Waals surface area contributed by atoms with E-state index in [-0.39, 0.29) is 64.9 Å². The Morgan fingerprint density at radius 2 is 1.30 bits per heavy atom. The smallest absolute Gasteiger partial charge is 0.550 e. The van der Waals surface area contributed by atoms with Crippen LogP contribution in [0.5, 0.6) is 0 Å². The Hall–Kier alpha value is 0.0900. The quantitative estimate of drug-likeness (QED) is 0.180. The van der Waals surface area contributed by atoms with Gasteiger partial charge in [0.25, 0.3) is 0 Å². The minimum Gasteiger partial charge on any atom is -0.550 e. The minimum atomic E-state index is -1.23. The molecule has 7 heteroatoms. The van der Waals surface area contributed by atoms with Gasteiger partial charge < -0.3 is 19.8 Å². The second-order valence-electron chi connectivity index (χ2n) is 6.60. The van der Waals surface area contributed by atoms with Crippen molar-refractivity contribution in [2.45, 2.75) is 72.1 Å². The van der Waals surface area contributed by atoms with Crippen molar-refractivity contribution in [2.24, 2.45) is 11.3 Å². The number of unbranched alkanes of at least 4 members (excludes halogenated alkanes) is 6. The molecule has 0 radical (unpaired) electrons. The van der Waals surface area contributed by atoms with Gasteiger partial charge in [0.2, 0.25) is 0 Å². The molecule has 144 valence electrons. The first-order valence-electron chi connectivity index (χ1n) is 8.86. The number of rotatable bonds is 13. The fraction of sp³-hybridized carbons (Fsp3) is 0.650. The number of hydrogen-bond acceptors (Lipinski definition) is 5. The van der Waals surface area contributed by atoms with Crippen molar-refractivity contribution in [3.8, 4) is 0 Å². The number of ketones is 1. The Kier molecular flexibility index (Phi) is 26.7. The monoisotopic (exact) mass is 398 g/mol. The van der Waals surface area contributed by atoms with Crippen molar-refractivity contribution in [3.05, 3.63) is 25.3 Å². The molecule has 0 aromatic carbocycles. The van der Waals surface area contributed by atoms with Crippen LogP contribution in [0.3, 0.4) is 0 Å². The van der Waals surface area contributed by atoms with Crippen LogP contribution in [0.15, 0.2) is 25.3 Å². The van der Waals surface area contributed by atoms with Gasteiger partial charge >= 0.3 is 59.1 Å². The van der Waals surface area contributed by atoms with Gasteiger partial charge in [-0.3, -0.25) is 4.79 Å². The van der Waals surface area contributed by atoms with Crippen LogP contribution in [-0.2, 0) is 14.4 Å². The van der Waals surface area contributed by atoms with Crippen molar-refractivity contribution in [3.63, 3.8) is 0 Å². The zero-order valence-electron chi connectivity index (χ0n) is 17.8. The third-order valence-corrected chi connectivity index (χ3v) is 4.20. The van der Waals surface area contributed by atoms with Crippen molar-refractivity contribution >= 4 is 17.7 Å². The summed E-state index contributed by atoms with van der Waals surface area (Å²) in [5.41, 5.74) is -1.13. The van der Waals surface area contributed by atoms with E-state index in [9.17, 15) is 14.7 Å². The predicted molar refractivity (Wildman–Crippen MR) is 95.3 cm³/mol. The molecular weight excluding hydrogens is 366 g/mol. The van der Waals surface area contributed by atoms with E-state index in [0.29, 0.717) is 6.42 Å². The third kappa shape index (κ3) is 17.9. The zero-order chi connectivity index (χ0) is 19.9. The van der Waals surface area contributed by atoms with Gasteiger partial charge in [0.1, 0.15) is 0 Å². The van der Waals surface area contributed by atoms with E-state index in [1.807, 2.05) is 0 Å². The van der Waals surface area contributed by atoms with E-state index in [0.717, 1.165) is 25.3 Å². The van der Waals surface area contributed by atoms with Crippen molar-refractivity contribution in [2.75, 3.05) is 0 Å². The van der Waals surface area contributed by atoms with Crippen LogP contribution in [0.25, 0.3) is 0 Å². The largest absolute Gasteiger partial charge is 1.00 e. The molecule has 5 nitrogen and oxygen atoms in total. The maximum Gasteiger partial charge on any atom is 1.00 e. The van der Waals surface area contributed by atoms with Crippen molar-refractivity contribution < 1.29 is 83.7 Å². The molecule has 0 fully saturated rings. The fourth-order valence-corrected chi connectivity index (χ4v) is 2.45. The molecule has 0 bridgehead atoms. The first-order valence-corrected chi connectivity index (χ1v) is 8.86. The van der Waals surface area contributed by atoms with Crippen molar-refractivity contribution in [1.29, 1.82) is 0 Å². The van der Waals surface area contributed by atoms with Crippen LogP contribution in [0.4, 0.5) is 0 Å². The molecule has 0 heterocycles. The topological polar surface area (TPSA) is 97.3 Å². The predicted octanol–water partition coefficient (Wildman–Crippen LogP) is -3.80. The number of carboxylic acid groups (broad SMARTS) is 2. The second kappa shape index (κ2) is 20.8. The molecule has 0 aromatic rings. The first-order chi connectivity index (χ1) is 11.6. The molecule has 0 aliphatic carbocycles. The van der Waals surface area contributed by atoms with Crippen LogP contribution in [0.1, 0.15) is 72.1 Å². The Labute approximate surface area is 208 Å². The molecule has 0 rings (SSSR count). The number of carbonyl (C=O) groups is 3. The van der Waals surface area contributed by atoms with Gasteiger partial charge in [-0.1, -0.05) is 78.9 Å². The summed E-state index contributed by atoms with van der Waals surface area (Å²) in [6.07, 6.45) is 10.6. The van der Waals surface area contributed by atoms with Crippen LogP contribution in [-0.4, -0.2) is 17.7 Å². The zero-order valence-corrected chi connectivity index (χ0v) is 21.8. The summed E-state index contributed by atoms with van der Waals surface area (Å²) in [4.78, 5) is 32.2. The van der Waals surface area contributed by atoms with Gasteiger partial charge in [0, 0.05) is 17.3 Å². The Morgan fingerprint density at radius 3 is 1.63 bits per heavy atom. The molecule has 0 saturated heterocycles. The van der Waals surface area contributed by atoms with E-state index in [2.05, 4.69) is 20.1 Å². The van der Waals surface area contributed by atoms with Crippen LogP contribution >= 0.6 is 0 Å². The number of carbonyl (C=O) groups excluding carboxylic acids is 3. The van der Waals surface area contributed by atoms with Gasteiger partial charge in [-0.25, -0.2) is 0 Å². The van der Waals surface area contributed by atoms with E-state index in [1.54, 1.807) is 13.8 Å². The first kappa shape index (κ1) is 34.6. The van der Waals surface area contributed by atoms with Gasteiger partial charge in [0.15, 0.2) is 5.78 Å². The van der Waals surface area contributed by atoms with E-state index in [1.165, 1.54) is 31.8 Å². The summed E-state index contributed by atoms with van der Waals surface area (Å²) < 4.78 is 0. The van der Waals surface area contributed by atoms with Crippen LogP contribution in [0, 0.1) is 11.3 Å². The molecule has 0 aliphatic rings. The minimum absolute atomic E-state index is 0. The van der Waals surface area contributed by atoms with Gasteiger partial charge in [-0.2, -0.15) is 0 Å². The molecule has 0 saturated carbocycles. The van der Waals surface area contributed by atoms with Crippen LogP contribution in [0.2, 0.25) is 0 Å². The average Bonchev–Trinajstić information content (AvgIpc) is 2.56. The summed E-state index contributed by atoms with van der Waals surface area (Å²) in [6, 6.07) is 0. The van der Waals surface area contributed by atoms with Crippen LogP contribution < -0.4 is 69.3 Å². The molecule has 0 aromatic heterocycles. The average molecular weight is 398 g/mol. The molecular formula is C20H32Na2O5. The van der Waals surface area contributed by atoms with E-state index < -0.39 is 23.3 Å². The SMILES string of the molecule is C=CC(=O)C(CCCCCCCCC)C(C)(C)C(=O)[O-].C=CC(=O)[O-].[Na+].[Na+]. The Balaban J connectivity index is -0.000000333. The molecule has 0 amide bonds. The maximum atomic E-state index is 11.9. The van der Waals surface area contributed by atoms with Crippen molar-refractivity contribution in [1.82, 2.24) is 0 Å².